The molecule has 2 heterocycles. The Bertz CT molecular complexity index is 1180. The summed E-state index contributed by atoms with van der Waals surface area (Å²) < 4.78 is 16.9. The van der Waals surface area contributed by atoms with Gasteiger partial charge >= 0.3 is 0 Å². The van der Waals surface area contributed by atoms with Gasteiger partial charge < -0.3 is 9.67 Å². The molecule has 3 aromatic rings. The smallest absolute Gasteiger partial charge is 0.170 e. The van der Waals surface area contributed by atoms with Gasteiger partial charge in [0.25, 0.3) is 0 Å². The molecule has 0 bridgehead atoms. The van der Waals surface area contributed by atoms with Crippen molar-refractivity contribution in [3.05, 3.63) is 78.0 Å². The molecule has 33 heavy (non-hydrogen) atoms. The predicted molar refractivity (Wildman–Crippen MR) is 129 cm³/mol. The van der Waals surface area contributed by atoms with E-state index in [4.69, 9.17) is 0 Å². The molecule has 1 N–H and O–H groups in total. The summed E-state index contributed by atoms with van der Waals surface area (Å²) in [7, 11) is 0. The normalized spacial score (nSPS) is 19.7. The molecule has 0 spiro atoms. The van der Waals surface area contributed by atoms with Gasteiger partial charge in [-0.25, -0.2) is 4.39 Å². The van der Waals surface area contributed by atoms with Gasteiger partial charge in [-0.05, 0) is 37.3 Å². The minimum absolute atomic E-state index is 0.0123. The lowest BCUT2D eigenvalue weighted by Crippen LogP contribution is -2.35. The van der Waals surface area contributed by atoms with Crippen molar-refractivity contribution >= 4 is 23.0 Å². The third-order valence-electron chi connectivity index (χ3n) is 6.74. The highest BCUT2D eigenvalue weighted by atomic mass is 19.1. The summed E-state index contributed by atoms with van der Waals surface area (Å²) in [6.45, 7) is 5.80. The molecule has 2 aromatic heterocycles. The van der Waals surface area contributed by atoms with Crippen molar-refractivity contribution in [2.45, 2.75) is 51.7 Å². The van der Waals surface area contributed by atoms with Gasteiger partial charge in [0.1, 0.15) is 5.82 Å². The number of aliphatic hydroxyl groups excluding tert-OH is 1. The average molecular weight is 448 g/mol. The van der Waals surface area contributed by atoms with Crippen LogP contribution in [0.2, 0.25) is 0 Å². The minimum Gasteiger partial charge on any atom is -0.393 e. The second-order valence-corrected chi connectivity index (χ2v) is 8.72. The number of aliphatic hydroxyl groups is 1. The molecule has 0 saturated heterocycles. The Labute approximate surface area is 193 Å². The molecule has 1 fully saturated rings. The molecule has 1 aromatic carbocycles. The zero-order chi connectivity index (χ0) is 23.4. The number of hydrogen-bond acceptors (Lipinski definition) is 4. The lowest BCUT2D eigenvalue weighted by atomic mass is 9.74. The second kappa shape index (κ2) is 10.2. The van der Waals surface area contributed by atoms with Crippen molar-refractivity contribution in [3.8, 4) is 0 Å². The zero-order valence-corrected chi connectivity index (χ0v) is 19.0. The fourth-order valence-corrected chi connectivity index (χ4v) is 5.06. The summed E-state index contributed by atoms with van der Waals surface area (Å²) in [6, 6.07) is 8.90. The van der Waals surface area contributed by atoms with Gasteiger partial charge in [-0.3, -0.25) is 14.8 Å². The molecule has 3 unspecified atom stereocenters. The van der Waals surface area contributed by atoms with Crippen LogP contribution in [-0.4, -0.2) is 32.8 Å². The van der Waals surface area contributed by atoms with Gasteiger partial charge in [-0.1, -0.05) is 44.5 Å². The number of nitrogens with zero attached hydrogens (tertiary/aromatic N) is 3. The number of hydrogen-bond donors (Lipinski definition) is 1. The SMILES string of the molecule is C=CN=Cc1cccc(Cn2cc(C(=O)C(CC)C3CCCCC3O)c3ncccc32)c1F. The Balaban J connectivity index is 1.71. The molecule has 5 nitrogen and oxygen atoms in total. The van der Waals surface area contributed by atoms with Crippen LogP contribution in [-0.2, 0) is 6.54 Å². The van der Waals surface area contributed by atoms with E-state index in [-0.39, 0.29) is 30.0 Å². The average Bonchev–Trinajstić information content (AvgIpc) is 3.19. The first kappa shape index (κ1) is 23.1. The van der Waals surface area contributed by atoms with Crippen LogP contribution >= 0.6 is 0 Å². The Morgan fingerprint density at radius 3 is 2.91 bits per heavy atom. The first-order valence-electron chi connectivity index (χ1n) is 11.6. The van der Waals surface area contributed by atoms with Gasteiger partial charge in [-0.15, -0.1) is 0 Å². The number of halogens is 1. The fraction of sp³-hybridized carbons (Fsp3) is 0.370. The van der Waals surface area contributed by atoms with Gasteiger partial charge in [0, 0.05) is 41.9 Å². The van der Waals surface area contributed by atoms with E-state index in [9.17, 15) is 9.90 Å². The molecule has 1 saturated carbocycles. The monoisotopic (exact) mass is 447 g/mol. The first-order valence-corrected chi connectivity index (χ1v) is 11.6. The Hall–Kier alpha value is -3.12. The van der Waals surface area contributed by atoms with E-state index in [1.165, 1.54) is 12.4 Å². The van der Waals surface area contributed by atoms with E-state index in [1.807, 2.05) is 23.6 Å². The van der Waals surface area contributed by atoms with E-state index < -0.39 is 6.10 Å². The molecule has 3 atom stereocenters. The van der Waals surface area contributed by atoms with Crippen LogP contribution in [0.15, 0.2) is 60.5 Å². The summed E-state index contributed by atoms with van der Waals surface area (Å²) in [5, 5.41) is 10.6. The molecule has 6 heteroatoms. The summed E-state index contributed by atoms with van der Waals surface area (Å²) in [4.78, 5) is 22.1. The van der Waals surface area contributed by atoms with Crippen molar-refractivity contribution in [1.29, 1.82) is 0 Å². The maximum Gasteiger partial charge on any atom is 0.170 e. The van der Waals surface area contributed by atoms with E-state index in [2.05, 4.69) is 16.6 Å². The number of Topliss-reactive ketones (excluding diaryl/α,β-unsaturated/α-hetero) is 1. The number of rotatable bonds is 8. The molecule has 0 radical (unpaired) electrons. The molecule has 172 valence electrons. The summed E-state index contributed by atoms with van der Waals surface area (Å²) in [6.07, 6.45) is 10.2. The number of carbonyl (C=O) groups excluding carboxylic acids is 1. The number of aliphatic imine (C=N–C) groups is 1. The van der Waals surface area contributed by atoms with Gasteiger partial charge in [-0.2, -0.15) is 0 Å². The molecule has 0 aliphatic heterocycles. The van der Waals surface area contributed by atoms with Crippen molar-refractivity contribution in [2.75, 3.05) is 0 Å². The number of carbonyl (C=O) groups is 1. The highest BCUT2D eigenvalue weighted by molar-refractivity contribution is 6.07. The standard InChI is InChI=1S/C27H30FN3O2/c1-3-20(21-11-5-6-13-24(21)32)27(33)22-17-31(23-12-8-14-30-26(22)23)16-19-10-7-9-18(25(19)28)15-29-4-2/h4,7-10,12,14-15,17,20-21,24,32H,2-3,5-6,11,13,16H2,1H3. The quantitative estimate of drug-likeness (QED) is 0.364. The molecule has 1 aliphatic carbocycles. The Kier molecular flexibility index (Phi) is 7.14. The second-order valence-electron chi connectivity index (χ2n) is 8.72. The third-order valence-corrected chi connectivity index (χ3v) is 6.74. The first-order chi connectivity index (χ1) is 16.0. The van der Waals surface area contributed by atoms with Gasteiger partial charge in [0.05, 0.1) is 29.2 Å². The zero-order valence-electron chi connectivity index (χ0n) is 19.0. The Morgan fingerprint density at radius 2 is 2.15 bits per heavy atom. The summed E-state index contributed by atoms with van der Waals surface area (Å²) in [5.74, 6) is -0.620. The van der Waals surface area contributed by atoms with E-state index in [0.29, 0.717) is 28.6 Å². The van der Waals surface area contributed by atoms with Crippen LogP contribution in [0.3, 0.4) is 0 Å². The number of benzene rings is 1. The lowest BCUT2D eigenvalue weighted by Gasteiger charge is -2.33. The van der Waals surface area contributed by atoms with Crippen LogP contribution in [0.1, 0.15) is 60.5 Å². The van der Waals surface area contributed by atoms with Crippen molar-refractivity contribution in [1.82, 2.24) is 9.55 Å². The maximum atomic E-state index is 15.1. The highest BCUT2D eigenvalue weighted by Gasteiger charge is 2.35. The van der Waals surface area contributed by atoms with E-state index >= 15 is 4.39 Å². The number of fused-ring (bicyclic) bond motifs is 1. The molecule has 1 aliphatic rings. The summed E-state index contributed by atoms with van der Waals surface area (Å²) >= 11 is 0. The number of pyridine rings is 1. The third kappa shape index (κ3) is 4.67. The highest BCUT2D eigenvalue weighted by Crippen LogP contribution is 2.35. The molecule has 0 amide bonds. The molecular formula is C27H30FN3O2. The van der Waals surface area contributed by atoms with Gasteiger partial charge in [0.2, 0.25) is 0 Å². The van der Waals surface area contributed by atoms with Gasteiger partial charge in [0.15, 0.2) is 5.78 Å². The van der Waals surface area contributed by atoms with Crippen molar-refractivity contribution in [2.24, 2.45) is 16.8 Å². The summed E-state index contributed by atoms with van der Waals surface area (Å²) in [5.41, 5.74) is 2.83. The van der Waals surface area contributed by atoms with E-state index in [0.717, 1.165) is 31.2 Å². The van der Waals surface area contributed by atoms with Crippen molar-refractivity contribution < 1.29 is 14.3 Å². The predicted octanol–water partition coefficient (Wildman–Crippen LogP) is 5.55. The van der Waals surface area contributed by atoms with Crippen LogP contribution in [0.5, 0.6) is 0 Å². The topological polar surface area (TPSA) is 67.5 Å². The largest absolute Gasteiger partial charge is 0.393 e. The molecular weight excluding hydrogens is 417 g/mol. The fourth-order valence-electron chi connectivity index (χ4n) is 5.06. The lowest BCUT2D eigenvalue weighted by molar-refractivity contribution is 0.0327. The minimum atomic E-state index is -0.442. The maximum absolute atomic E-state index is 15.1. The van der Waals surface area contributed by atoms with Crippen LogP contribution in [0.4, 0.5) is 4.39 Å². The van der Waals surface area contributed by atoms with Crippen LogP contribution in [0, 0.1) is 17.7 Å². The molecule has 4 rings (SSSR count). The van der Waals surface area contributed by atoms with Crippen LogP contribution in [0.25, 0.3) is 11.0 Å². The van der Waals surface area contributed by atoms with E-state index in [1.54, 1.807) is 30.6 Å². The number of aromatic nitrogens is 2. The van der Waals surface area contributed by atoms with Crippen LogP contribution < -0.4 is 0 Å². The number of ketones is 1. The Morgan fingerprint density at radius 1 is 1.33 bits per heavy atom. The van der Waals surface area contributed by atoms with Crippen molar-refractivity contribution in [3.63, 3.8) is 0 Å².